The fourth-order valence-electron chi connectivity index (χ4n) is 3.46. The lowest BCUT2D eigenvalue weighted by atomic mass is 9.68. The standard InChI is InChI=1S/C18H20O4/c1-9-5-12-7-16(21)17(22)8-13(12)18(10(9)2)11-3-4-14(19)15(20)6-11/h3-4,6-10,18-22H,5H2,1-2H3/t9-,10+,18+/m0/s1. The average Bonchev–Trinajstić information content (AvgIpc) is 2.46. The highest BCUT2D eigenvalue weighted by atomic mass is 16.3. The third-order valence-corrected chi connectivity index (χ3v) is 4.90. The van der Waals surface area contributed by atoms with Gasteiger partial charge < -0.3 is 20.4 Å². The van der Waals surface area contributed by atoms with E-state index >= 15 is 0 Å². The summed E-state index contributed by atoms with van der Waals surface area (Å²) in [7, 11) is 0. The van der Waals surface area contributed by atoms with Crippen molar-refractivity contribution in [2.75, 3.05) is 0 Å². The van der Waals surface area contributed by atoms with Crippen LogP contribution in [0.25, 0.3) is 0 Å². The van der Waals surface area contributed by atoms with Crippen molar-refractivity contribution in [3.8, 4) is 23.0 Å². The summed E-state index contributed by atoms with van der Waals surface area (Å²) in [4.78, 5) is 0. The molecule has 0 radical (unpaired) electrons. The first-order chi connectivity index (χ1) is 10.4. The Morgan fingerprint density at radius 3 is 2.14 bits per heavy atom. The van der Waals surface area contributed by atoms with Crippen LogP contribution in [0, 0.1) is 11.8 Å². The lowest BCUT2D eigenvalue weighted by molar-refractivity contribution is 0.321. The minimum absolute atomic E-state index is 0.00301. The summed E-state index contributed by atoms with van der Waals surface area (Å²) in [6.45, 7) is 4.30. The van der Waals surface area contributed by atoms with Crippen molar-refractivity contribution in [2.45, 2.75) is 26.2 Å². The fourth-order valence-corrected chi connectivity index (χ4v) is 3.46. The summed E-state index contributed by atoms with van der Waals surface area (Å²) in [5, 5.41) is 38.9. The molecule has 3 atom stereocenters. The molecule has 0 aliphatic heterocycles. The first kappa shape index (κ1) is 14.6. The van der Waals surface area contributed by atoms with E-state index in [1.165, 1.54) is 6.07 Å². The van der Waals surface area contributed by atoms with Crippen molar-refractivity contribution in [3.05, 3.63) is 47.0 Å². The van der Waals surface area contributed by atoms with Gasteiger partial charge in [-0.2, -0.15) is 0 Å². The van der Waals surface area contributed by atoms with Gasteiger partial charge in [0, 0.05) is 5.92 Å². The van der Waals surface area contributed by atoms with E-state index in [9.17, 15) is 20.4 Å². The van der Waals surface area contributed by atoms with Crippen LogP contribution in [-0.2, 0) is 6.42 Å². The van der Waals surface area contributed by atoms with Gasteiger partial charge in [-0.1, -0.05) is 19.9 Å². The Kier molecular flexibility index (Phi) is 3.39. The van der Waals surface area contributed by atoms with Crippen LogP contribution in [0.15, 0.2) is 30.3 Å². The van der Waals surface area contributed by atoms with Crippen molar-refractivity contribution in [1.82, 2.24) is 0 Å². The minimum Gasteiger partial charge on any atom is -0.504 e. The first-order valence-electron chi connectivity index (χ1n) is 7.45. The predicted octanol–water partition coefficient (Wildman–Crippen LogP) is 3.47. The molecule has 22 heavy (non-hydrogen) atoms. The van der Waals surface area contributed by atoms with Crippen LogP contribution in [0.3, 0.4) is 0 Å². The van der Waals surface area contributed by atoms with Gasteiger partial charge in [-0.15, -0.1) is 0 Å². The molecule has 4 nitrogen and oxygen atoms in total. The molecule has 116 valence electrons. The number of phenols is 4. The van der Waals surface area contributed by atoms with Gasteiger partial charge in [0.15, 0.2) is 23.0 Å². The molecular weight excluding hydrogens is 280 g/mol. The van der Waals surface area contributed by atoms with Gasteiger partial charge in [-0.25, -0.2) is 0 Å². The smallest absolute Gasteiger partial charge is 0.157 e. The van der Waals surface area contributed by atoms with Crippen LogP contribution in [-0.4, -0.2) is 20.4 Å². The van der Waals surface area contributed by atoms with Crippen molar-refractivity contribution >= 4 is 0 Å². The highest BCUT2D eigenvalue weighted by molar-refractivity contribution is 5.52. The highest BCUT2D eigenvalue weighted by Crippen LogP contribution is 2.47. The predicted molar refractivity (Wildman–Crippen MR) is 83.4 cm³/mol. The van der Waals surface area contributed by atoms with E-state index in [2.05, 4.69) is 13.8 Å². The van der Waals surface area contributed by atoms with E-state index in [0.717, 1.165) is 23.1 Å². The molecule has 3 rings (SSSR count). The van der Waals surface area contributed by atoms with Gasteiger partial charge in [-0.3, -0.25) is 0 Å². The molecule has 0 bridgehead atoms. The molecule has 0 saturated carbocycles. The minimum atomic E-state index is -0.146. The molecule has 0 aromatic heterocycles. The average molecular weight is 300 g/mol. The number of hydrogen-bond donors (Lipinski definition) is 4. The maximum atomic E-state index is 9.85. The molecule has 0 spiro atoms. The van der Waals surface area contributed by atoms with Crippen molar-refractivity contribution in [1.29, 1.82) is 0 Å². The molecule has 0 amide bonds. The Morgan fingerprint density at radius 1 is 0.818 bits per heavy atom. The van der Waals surface area contributed by atoms with Gasteiger partial charge in [0.1, 0.15) is 0 Å². The van der Waals surface area contributed by atoms with Gasteiger partial charge in [0.25, 0.3) is 0 Å². The molecule has 1 aliphatic rings. The van der Waals surface area contributed by atoms with Gasteiger partial charge in [0.05, 0.1) is 0 Å². The van der Waals surface area contributed by atoms with Gasteiger partial charge in [-0.05, 0) is 59.2 Å². The topological polar surface area (TPSA) is 80.9 Å². The molecule has 1 aliphatic carbocycles. The summed E-state index contributed by atoms with van der Waals surface area (Å²) >= 11 is 0. The summed E-state index contributed by atoms with van der Waals surface area (Å²) in [5.74, 6) is 0.178. The quantitative estimate of drug-likeness (QED) is 0.608. The van der Waals surface area contributed by atoms with E-state index in [4.69, 9.17) is 0 Å². The molecular formula is C18H20O4. The van der Waals surface area contributed by atoms with Crippen LogP contribution in [0.1, 0.15) is 36.5 Å². The third-order valence-electron chi connectivity index (χ3n) is 4.90. The van der Waals surface area contributed by atoms with E-state index in [1.54, 1.807) is 24.3 Å². The van der Waals surface area contributed by atoms with Crippen LogP contribution in [0.2, 0.25) is 0 Å². The van der Waals surface area contributed by atoms with Crippen LogP contribution in [0.5, 0.6) is 23.0 Å². The Balaban J connectivity index is 2.17. The van der Waals surface area contributed by atoms with E-state index in [-0.39, 0.29) is 28.9 Å². The van der Waals surface area contributed by atoms with Crippen LogP contribution < -0.4 is 0 Å². The Morgan fingerprint density at radius 2 is 1.45 bits per heavy atom. The molecule has 0 fully saturated rings. The normalized spacial score (nSPS) is 24.0. The van der Waals surface area contributed by atoms with E-state index in [0.29, 0.717) is 11.8 Å². The lowest BCUT2D eigenvalue weighted by Crippen LogP contribution is -2.26. The van der Waals surface area contributed by atoms with E-state index < -0.39 is 0 Å². The van der Waals surface area contributed by atoms with Crippen LogP contribution in [0.4, 0.5) is 0 Å². The summed E-state index contributed by atoms with van der Waals surface area (Å²) in [5.41, 5.74) is 2.87. The molecule has 0 saturated heterocycles. The maximum absolute atomic E-state index is 9.85. The second-order valence-electron chi connectivity index (χ2n) is 6.31. The maximum Gasteiger partial charge on any atom is 0.157 e. The molecule has 0 unspecified atom stereocenters. The molecule has 2 aromatic carbocycles. The number of fused-ring (bicyclic) bond motifs is 1. The number of phenolic OH excluding ortho intramolecular Hbond substituents is 4. The SMILES string of the molecule is C[C@H]1[C@H](c2ccc(O)c(O)c2)c2cc(O)c(O)cc2C[C@@H]1C. The molecule has 0 heterocycles. The molecule has 4 N–H and O–H groups in total. The zero-order chi connectivity index (χ0) is 16.0. The van der Waals surface area contributed by atoms with Gasteiger partial charge >= 0.3 is 0 Å². The molecule has 4 heteroatoms. The van der Waals surface area contributed by atoms with E-state index in [1.807, 2.05) is 0 Å². The van der Waals surface area contributed by atoms with Crippen LogP contribution >= 0.6 is 0 Å². The summed E-state index contributed by atoms with van der Waals surface area (Å²) in [6, 6.07) is 8.09. The zero-order valence-corrected chi connectivity index (χ0v) is 12.6. The van der Waals surface area contributed by atoms with Gasteiger partial charge in [0.2, 0.25) is 0 Å². The third kappa shape index (κ3) is 2.25. The summed E-state index contributed by atoms with van der Waals surface area (Å²) < 4.78 is 0. The lowest BCUT2D eigenvalue weighted by Gasteiger charge is -2.36. The highest BCUT2D eigenvalue weighted by Gasteiger charge is 2.33. The second-order valence-corrected chi connectivity index (χ2v) is 6.31. The Labute approximate surface area is 129 Å². The van der Waals surface area contributed by atoms with Crippen molar-refractivity contribution in [3.63, 3.8) is 0 Å². The second kappa shape index (κ2) is 5.13. The Hall–Kier alpha value is -2.36. The largest absolute Gasteiger partial charge is 0.504 e. The number of aromatic hydroxyl groups is 4. The zero-order valence-electron chi connectivity index (χ0n) is 12.6. The number of hydrogen-bond acceptors (Lipinski definition) is 4. The number of benzene rings is 2. The van der Waals surface area contributed by atoms with Crippen molar-refractivity contribution < 1.29 is 20.4 Å². The monoisotopic (exact) mass is 300 g/mol. The van der Waals surface area contributed by atoms with Crippen molar-refractivity contribution in [2.24, 2.45) is 11.8 Å². The first-order valence-corrected chi connectivity index (χ1v) is 7.45. The fraction of sp³-hybridized carbons (Fsp3) is 0.333. The molecule has 2 aromatic rings. The Bertz CT molecular complexity index is 723. The number of rotatable bonds is 1. The summed E-state index contributed by atoms with van der Waals surface area (Å²) in [6.07, 6.45) is 0.838.